The molecule has 0 unspecified atom stereocenters. The van der Waals surface area contributed by atoms with E-state index in [4.69, 9.17) is 10.5 Å². The van der Waals surface area contributed by atoms with Gasteiger partial charge in [0.1, 0.15) is 11.6 Å². The van der Waals surface area contributed by atoms with E-state index in [1.807, 2.05) is 12.1 Å². The van der Waals surface area contributed by atoms with E-state index < -0.39 is 0 Å². The predicted octanol–water partition coefficient (Wildman–Crippen LogP) is 3.11. The average molecular weight is 351 g/mol. The van der Waals surface area contributed by atoms with Gasteiger partial charge in [0.2, 0.25) is 5.88 Å². The molecule has 21 heavy (non-hydrogen) atoms. The van der Waals surface area contributed by atoms with Crippen molar-refractivity contribution in [1.82, 2.24) is 15.0 Å². The van der Waals surface area contributed by atoms with Gasteiger partial charge in [0, 0.05) is 24.1 Å². The highest BCUT2D eigenvalue weighted by atomic mass is 79.9. The summed E-state index contributed by atoms with van der Waals surface area (Å²) >= 11 is 3.48. The number of halogens is 1. The number of pyridine rings is 1. The van der Waals surface area contributed by atoms with Crippen LogP contribution in [0.25, 0.3) is 0 Å². The van der Waals surface area contributed by atoms with Gasteiger partial charge in [-0.15, -0.1) is 0 Å². The third kappa shape index (κ3) is 3.69. The monoisotopic (exact) mass is 350 g/mol. The molecule has 0 aliphatic rings. The summed E-state index contributed by atoms with van der Waals surface area (Å²) in [6.45, 7) is 6.29. The summed E-state index contributed by atoms with van der Waals surface area (Å²) in [6, 6.07) is 3.77. The van der Waals surface area contributed by atoms with Crippen LogP contribution in [0.3, 0.4) is 0 Å². The molecule has 0 spiro atoms. The van der Waals surface area contributed by atoms with Crippen molar-refractivity contribution in [3.05, 3.63) is 39.9 Å². The van der Waals surface area contributed by atoms with Gasteiger partial charge in [-0.1, -0.05) is 26.8 Å². The van der Waals surface area contributed by atoms with Crippen LogP contribution in [-0.4, -0.2) is 22.1 Å². The smallest absolute Gasteiger partial charge is 0.212 e. The summed E-state index contributed by atoms with van der Waals surface area (Å²) in [4.78, 5) is 13.2. The number of nitrogens with zero attached hydrogens (tertiary/aromatic N) is 3. The van der Waals surface area contributed by atoms with E-state index in [0.717, 1.165) is 15.7 Å². The lowest BCUT2D eigenvalue weighted by Gasteiger charge is -2.20. The van der Waals surface area contributed by atoms with Gasteiger partial charge in [0.15, 0.2) is 0 Å². The number of hydrogen-bond acceptors (Lipinski definition) is 5. The molecule has 0 aromatic carbocycles. The van der Waals surface area contributed by atoms with Crippen LogP contribution in [0, 0.1) is 0 Å². The van der Waals surface area contributed by atoms with Crippen molar-refractivity contribution in [2.24, 2.45) is 0 Å². The molecule has 0 bridgehead atoms. The quantitative estimate of drug-likeness (QED) is 0.920. The lowest BCUT2D eigenvalue weighted by Crippen LogP contribution is -2.18. The molecule has 0 saturated carbocycles. The van der Waals surface area contributed by atoms with Crippen molar-refractivity contribution in [3.63, 3.8) is 0 Å². The van der Waals surface area contributed by atoms with Crippen molar-refractivity contribution >= 4 is 21.7 Å². The zero-order valence-electron chi connectivity index (χ0n) is 12.6. The number of anilines is 1. The lowest BCUT2D eigenvalue weighted by atomic mass is 9.92. The first kappa shape index (κ1) is 15.7. The number of nitrogens with two attached hydrogens (primary N) is 1. The molecule has 5 nitrogen and oxygen atoms in total. The van der Waals surface area contributed by atoms with E-state index in [1.165, 1.54) is 0 Å². The zero-order chi connectivity index (χ0) is 15.6. The molecule has 0 saturated heterocycles. The molecule has 0 atom stereocenters. The molecule has 2 heterocycles. The SMILES string of the molecule is COc1ccc(Cc2nc(N)c(Br)c(C(C)(C)C)n2)cn1. The van der Waals surface area contributed by atoms with Gasteiger partial charge in [-0.05, 0) is 21.5 Å². The van der Waals surface area contributed by atoms with Crippen LogP contribution in [-0.2, 0) is 11.8 Å². The Balaban J connectivity index is 2.33. The molecular formula is C15H19BrN4O. The van der Waals surface area contributed by atoms with Crippen LogP contribution in [0.1, 0.15) is 37.9 Å². The van der Waals surface area contributed by atoms with Crippen LogP contribution >= 0.6 is 15.9 Å². The van der Waals surface area contributed by atoms with E-state index >= 15 is 0 Å². The molecule has 2 aromatic heterocycles. The van der Waals surface area contributed by atoms with Crippen LogP contribution in [0.4, 0.5) is 5.82 Å². The number of hydrogen-bond donors (Lipinski definition) is 1. The summed E-state index contributed by atoms with van der Waals surface area (Å²) in [5.41, 5.74) is 7.80. The summed E-state index contributed by atoms with van der Waals surface area (Å²) < 4.78 is 5.82. The number of nitrogen functional groups attached to an aromatic ring is 1. The standard InChI is InChI=1S/C15H19BrN4O/c1-15(2,3)13-12(16)14(17)20-10(19-13)7-9-5-6-11(21-4)18-8-9/h5-6,8H,7H2,1-4H3,(H2,17,19,20). The lowest BCUT2D eigenvalue weighted by molar-refractivity contribution is 0.397. The predicted molar refractivity (Wildman–Crippen MR) is 86.4 cm³/mol. The van der Waals surface area contributed by atoms with Gasteiger partial charge in [-0.3, -0.25) is 0 Å². The molecule has 0 fully saturated rings. The van der Waals surface area contributed by atoms with Gasteiger partial charge >= 0.3 is 0 Å². The number of aromatic nitrogens is 3. The Morgan fingerprint density at radius 2 is 1.95 bits per heavy atom. The second-order valence-electron chi connectivity index (χ2n) is 5.82. The van der Waals surface area contributed by atoms with Crippen LogP contribution in [0.5, 0.6) is 5.88 Å². The Kier molecular flexibility index (Phi) is 4.46. The third-order valence-corrected chi connectivity index (χ3v) is 3.78. The van der Waals surface area contributed by atoms with Crippen molar-refractivity contribution < 1.29 is 4.74 Å². The summed E-state index contributed by atoms with van der Waals surface area (Å²) in [7, 11) is 1.59. The normalized spacial score (nSPS) is 11.5. The molecule has 2 aromatic rings. The first-order valence-corrected chi connectivity index (χ1v) is 7.42. The van der Waals surface area contributed by atoms with Crippen LogP contribution in [0.15, 0.2) is 22.8 Å². The molecule has 0 aliphatic carbocycles. The largest absolute Gasteiger partial charge is 0.481 e. The maximum atomic E-state index is 5.98. The fourth-order valence-corrected chi connectivity index (χ4v) is 2.68. The maximum absolute atomic E-state index is 5.98. The minimum absolute atomic E-state index is 0.108. The third-order valence-electron chi connectivity index (χ3n) is 3.00. The molecule has 0 amide bonds. The van der Waals surface area contributed by atoms with E-state index in [0.29, 0.717) is 23.9 Å². The highest BCUT2D eigenvalue weighted by Gasteiger charge is 2.22. The highest BCUT2D eigenvalue weighted by molar-refractivity contribution is 9.10. The maximum Gasteiger partial charge on any atom is 0.212 e. The van der Waals surface area contributed by atoms with Crippen LogP contribution in [0.2, 0.25) is 0 Å². The molecule has 2 rings (SSSR count). The minimum Gasteiger partial charge on any atom is -0.481 e. The first-order valence-electron chi connectivity index (χ1n) is 6.62. The van der Waals surface area contributed by atoms with E-state index in [-0.39, 0.29) is 5.41 Å². The van der Waals surface area contributed by atoms with Crippen molar-refractivity contribution in [2.75, 3.05) is 12.8 Å². The topological polar surface area (TPSA) is 73.9 Å². The molecule has 0 radical (unpaired) electrons. The first-order chi connectivity index (χ1) is 9.81. The Bertz CT molecular complexity index is 635. The molecule has 0 aliphatic heterocycles. The Morgan fingerprint density at radius 3 is 2.48 bits per heavy atom. The number of rotatable bonds is 3. The number of methoxy groups -OCH3 is 1. The number of ether oxygens (including phenoxy) is 1. The molecule has 6 heteroatoms. The Morgan fingerprint density at radius 1 is 1.24 bits per heavy atom. The zero-order valence-corrected chi connectivity index (χ0v) is 14.2. The Labute approximate surface area is 133 Å². The van der Waals surface area contributed by atoms with Gasteiger partial charge in [0.05, 0.1) is 17.3 Å². The van der Waals surface area contributed by atoms with Crippen molar-refractivity contribution in [3.8, 4) is 5.88 Å². The van der Waals surface area contributed by atoms with Gasteiger partial charge in [0.25, 0.3) is 0 Å². The summed E-state index contributed by atoms with van der Waals surface area (Å²) in [6.07, 6.45) is 2.34. The summed E-state index contributed by atoms with van der Waals surface area (Å²) in [5.74, 6) is 1.74. The van der Waals surface area contributed by atoms with Gasteiger partial charge in [-0.2, -0.15) is 0 Å². The highest BCUT2D eigenvalue weighted by Crippen LogP contribution is 2.31. The summed E-state index contributed by atoms with van der Waals surface area (Å²) in [5, 5.41) is 0. The van der Waals surface area contributed by atoms with Crippen molar-refractivity contribution in [1.29, 1.82) is 0 Å². The second kappa shape index (κ2) is 5.97. The fourth-order valence-electron chi connectivity index (χ4n) is 1.91. The van der Waals surface area contributed by atoms with E-state index in [2.05, 4.69) is 51.7 Å². The van der Waals surface area contributed by atoms with Crippen molar-refractivity contribution in [2.45, 2.75) is 32.6 Å². The van der Waals surface area contributed by atoms with Crippen LogP contribution < -0.4 is 10.5 Å². The average Bonchev–Trinajstić information content (AvgIpc) is 2.42. The minimum atomic E-state index is -0.108. The second-order valence-corrected chi connectivity index (χ2v) is 6.62. The van der Waals surface area contributed by atoms with E-state index in [9.17, 15) is 0 Å². The molecular weight excluding hydrogens is 332 g/mol. The van der Waals surface area contributed by atoms with Gasteiger partial charge in [-0.25, -0.2) is 15.0 Å². The molecule has 2 N–H and O–H groups in total. The Hall–Kier alpha value is -1.69. The van der Waals surface area contributed by atoms with E-state index in [1.54, 1.807) is 13.3 Å². The van der Waals surface area contributed by atoms with Gasteiger partial charge < -0.3 is 10.5 Å². The fraction of sp³-hybridized carbons (Fsp3) is 0.400. The molecule has 112 valence electrons.